The van der Waals surface area contributed by atoms with Crippen molar-refractivity contribution >= 4 is 21.6 Å². The van der Waals surface area contributed by atoms with Gasteiger partial charge < -0.3 is 9.64 Å². The summed E-state index contributed by atoms with van der Waals surface area (Å²) < 4.78 is 31.5. The van der Waals surface area contributed by atoms with Gasteiger partial charge in [0.25, 0.3) is 0 Å². The smallest absolute Gasteiger partial charge is 0.242 e. The summed E-state index contributed by atoms with van der Waals surface area (Å²) in [5, 5.41) is 0. The first kappa shape index (κ1) is 18.3. The van der Waals surface area contributed by atoms with Crippen LogP contribution in [0.3, 0.4) is 0 Å². The Morgan fingerprint density at radius 1 is 1.15 bits per heavy atom. The number of benzene rings is 1. The van der Waals surface area contributed by atoms with Gasteiger partial charge >= 0.3 is 0 Å². The molecule has 0 aliphatic carbocycles. The number of carbonyl (C=O) groups is 1. The maximum atomic E-state index is 12.6. The van der Waals surface area contributed by atoms with Crippen LogP contribution in [0, 0.1) is 0 Å². The summed E-state index contributed by atoms with van der Waals surface area (Å²) in [6.07, 6.45) is 1.99. The van der Waals surface area contributed by atoms with Gasteiger partial charge in [-0.1, -0.05) is 30.3 Å². The van der Waals surface area contributed by atoms with Gasteiger partial charge in [0.2, 0.25) is 21.8 Å². The molecule has 8 heteroatoms. The number of anilines is 1. The summed E-state index contributed by atoms with van der Waals surface area (Å²) in [6, 6.07) is 12.8. The van der Waals surface area contributed by atoms with E-state index in [9.17, 15) is 13.2 Å². The molecule has 0 N–H and O–H groups in total. The molecule has 7 nitrogen and oxygen atoms in total. The number of rotatable bonds is 6. The number of ether oxygens (including phenoxy) is 1. The zero-order valence-electron chi connectivity index (χ0n) is 14.5. The maximum absolute atomic E-state index is 12.6. The summed E-state index contributed by atoms with van der Waals surface area (Å²) in [5.74, 6) is 0.147. The van der Waals surface area contributed by atoms with Crippen molar-refractivity contribution in [2.75, 3.05) is 37.4 Å². The average molecular weight is 375 g/mol. The molecule has 1 amide bonds. The first-order valence-electron chi connectivity index (χ1n) is 8.32. The summed E-state index contributed by atoms with van der Waals surface area (Å²) >= 11 is 0. The molecule has 2 heterocycles. The second-order valence-electron chi connectivity index (χ2n) is 5.99. The van der Waals surface area contributed by atoms with Gasteiger partial charge in [-0.15, -0.1) is 0 Å². The summed E-state index contributed by atoms with van der Waals surface area (Å²) in [6.45, 7) is 0.422. The van der Waals surface area contributed by atoms with Gasteiger partial charge in [-0.3, -0.25) is 4.79 Å². The van der Waals surface area contributed by atoms with E-state index >= 15 is 0 Å². The van der Waals surface area contributed by atoms with E-state index in [0.717, 1.165) is 5.56 Å². The molecule has 1 aliphatic heterocycles. The first-order valence-corrected chi connectivity index (χ1v) is 9.93. The second kappa shape index (κ2) is 7.84. The molecule has 3 rings (SSSR count). The molecule has 1 aliphatic rings. The first-order chi connectivity index (χ1) is 12.5. The van der Waals surface area contributed by atoms with Crippen LogP contribution >= 0.6 is 0 Å². The minimum absolute atomic E-state index is 0.00657. The maximum Gasteiger partial charge on any atom is 0.242 e. The molecule has 1 aromatic heterocycles. The van der Waals surface area contributed by atoms with Crippen molar-refractivity contribution in [1.82, 2.24) is 9.29 Å². The number of nitrogens with zero attached hydrogens (tertiary/aromatic N) is 3. The lowest BCUT2D eigenvalue weighted by Crippen LogP contribution is -2.53. The van der Waals surface area contributed by atoms with Gasteiger partial charge in [0.05, 0.1) is 25.1 Å². The number of aromatic nitrogens is 1. The highest BCUT2D eigenvalue weighted by atomic mass is 32.2. The molecule has 1 saturated heterocycles. The third-order valence-electron chi connectivity index (χ3n) is 4.31. The van der Waals surface area contributed by atoms with Gasteiger partial charge in [0.1, 0.15) is 0 Å². The Labute approximate surface area is 153 Å². The van der Waals surface area contributed by atoms with Crippen LogP contribution in [-0.4, -0.2) is 56.1 Å². The van der Waals surface area contributed by atoms with E-state index in [0.29, 0.717) is 24.5 Å². The minimum Gasteiger partial charge on any atom is -0.481 e. The minimum atomic E-state index is -3.48. The number of sulfonamides is 1. The Morgan fingerprint density at radius 2 is 1.92 bits per heavy atom. The number of carbonyl (C=O) groups excluding carboxylic acids is 1. The largest absolute Gasteiger partial charge is 0.481 e. The zero-order chi connectivity index (χ0) is 18.6. The van der Waals surface area contributed by atoms with Gasteiger partial charge in [0.15, 0.2) is 0 Å². The van der Waals surface area contributed by atoms with E-state index in [1.54, 1.807) is 23.2 Å². The van der Waals surface area contributed by atoms with Crippen molar-refractivity contribution in [2.24, 2.45) is 0 Å². The van der Waals surface area contributed by atoms with E-state index in [4.69, 9.17) is 4.74 Å². The van der Waals surface area contributed by atoms with Crippen LogP contribution in [0.15, 0.2) is 48.7 Å². The molecular formula is C18H21N3O4S. The van der Waals surface area contributed by atoms with Gasteiger partial charge in [-0.2, -0.15) is 4.31 Å². The number of hydrogen-bond acceptors (Lipinski definition) is 5. The molecule has 1 fully saturated rings. The van der Waals surface area contributed by atoms with Crippen LogP contribution in [0.1, 0.15) is 5.56 Å². The Bertz CT molecular complexity index is 871. The summed E-state index contributed by atoms with van der Waals surface area (Å²) in [4.78, 5) is 18.1. The molecule has 2 aromatic rings. The highest BCUT2D eigenvalue weighted by Gasteiger charge is 2.32. The van der Waals surface area contributed by atoms with Gasteiger partial charge in [-0.25, -0.2) is 13.4 Å². The quantitative estimate of drug-likeness (QED) is 0.761. The lowest BCUT2D eigenvalue weighted by atomic mass is 10.2. The monoisotopic (exact) mass is 375 g/mol. The Balaban J connectivity index is 1.64. The average Bonchev–Trinajstić information content (AvgIpc) is 2.67. The van der Waals surface area contributed by atoms with Crippen molar-refractivity contribution in [2.45, 2.75) is 6.42 Å². The number of hydrogen-bond donors (Lipinski definition) is 0. The molecule has 0 atom stereocenters. The van der Waals surface area contributed by atoms with Crippen molar-refractivity contribution in [3.05, 3.63) is 54.2 Å². The highest BCUT2D eigenvalue weighted by molar-refractivity contribution is 7.89. The molecule has 0 spiro atoms. The molecule has 1 aromatic carbocycles. The van der Waals surface area contributed by atoms with Crippen molar-refractivity contribution < 1.29 is 17.9 Å². The standard InChI is InChI=1S/C18H21N3O4S/c1-25-17-13-16(7-9-19-17)21-11-10-20(14-18(21)22)26(23,24)12-8-15-5-3-2-4-6-15/h2-7,9,13H,8,10-12,14H2,1H3. The normalized spacial score (nSPS) is 15.9. The number of piperazine rings is 1. The Kier molecular flexibility index (Phi) is 5.53. The fraction of sp³-hybridized carbons (Fsp3) is 0.333. The molecule has 138 valence electrons. The molecule has 0 unspecified atom stereocenters. The molecule has 26 heavy (non-hydrogen) atoms. The van der Waals surface area contributed by atoms with Crippen LogP contribution in [0.4, 0.5) is 5.69 Å². The Morgan fingerprint density at radius 3 is 2.62 bits per heavy atom. The molecule has 0 bridgehead atoms. The summed E-state index contributed by atoms with van der Waals surface area (Å²) in [7, 11) is -1.98. The van der Waals surface area contributed by atoms with Crippen LogP contribution in [0.5, 0.6) is 5.88 Å². The van der Waals surface area contributed by atoms with E-state index in [1.807, 2.05) is 30.3 Å². The third kappa shape index (κ3) is 4.20. The number of pyridine rings is 1. The number of aryl methyl sites for hydroxylation is 1. The van der Waals surface area contributed by atoms with E-state index < -0.39 is 10.0 Å². The second-order valence-corrected chi connectivity index (χ2v) is 8.08. The van der Waals surface area contributed by atoms with Crippen molar-refractivity contribution in [3.8, 4) is 5.88 Å². The molecule has 0 saturated carbocycles. The Hall–Kier alpha value is -2.45. The SMILES string of the molecule is COc1cc(N2CCN(S(=O)(=O)CCc3ccccc3)CC2=O)ccn1. The lowest BCUT2D eigenvalue weighted by Gasteiger charge is -2.33. The van der Waals surface area contributed by atoms with Crippen LogP contribution in [0.25, 0.3) is 0 Å². The fourth-order valence-corrected chi connectivity index (χ4v) is 4.28. The highest BCUT2D eigenvalue weighted by Crippen LogP contribution is 2.21. The molecular weight excluding hydrogens is 354 g/mol. The topological polar surface area (TPSA) is 79.8 Å². The van der Waals surface area contributed by atoms with Gasteiger partial charge in [0, 0.05) is 25.4 Å². The van der Waals surface area contributed by atoms with Crippen LogP contribution < -0.4 is 9.64 Å². The zero-order valence-corrected chi connectivity index (χ0v) is 15.4. The van der Waals surface area contributed by atoms with Gasteiger partial charge in [-0.05, 0) is 18.1 Å². The van der Waals surface area contributed by atoms with E-state index in [-0.39, 0.29) is 24.7 Å². The number of methoxy groups -OCH3 is 1. The molecule has 0 radical (unpaired) electrons. The van der Waals surface area contributed by atoms with Crippen LogP contribution in [-0.2, 0) is 21.2 Å². The van der Waals surface area contributed by atoms with Crippen molar-refractivity contribution in [1.29, 1.82) is 0 Å². The third-order valence-corrected chi connectivity index (χ3v) is 6.13. The van der Waals surface area contributed by atoms with Crippen molar-refractivity contribution in [3.63, 3.8) is 0 Å². The van der Waals surface area contributed by atoms with Crippen LogP contribution in [0.2, 0.25) is 0 Å². The number of amides is 1. The predicted octanol–water partition coefficient (Wildman–Crippen LogP) is 1.31. The van der Waals surface area contributed by atoms with E-state index in [1.165, 1.54) is 11.4 Å². The summed E-state index contributed by atoms with van der Waals surface area (Å²) in [5.41, 5.74) is 1.62. The van der Waals surface area contributed by atoms with E-state index in [2.05, 4.69) is 4.98 Å². The fourth-order valence-electron chi connectivity index (χ4n) is 2.86. The predicted molar refractivity (Wildman–Crippen MR) is 98.6 cm³/mol. The lowest BCUT2D eigenvalue weighted by molar-refractivity contribution is -0.119.